The maximum absolute atomic E-state index is 12.2. The van der Waals surface area contributed by atoms with Crippen LogP contribution in [0, 0.1) is 5.92 Å². The quantitative estimate of drug-likeness (QED) is 0.488. The van der Waals surface area contributed by atoms with E-state index in [4.69, 9.17) is 21.7 Å². The largest absolute Gasteiger partial charge is 0.493 e. The molecule has 0 aliphatic carbocycles. The Morgan fingerprint density at radius 3 is 2.21 bits per heavy atom. The maximum Gasteiger partial charge on any atom is 0.276 e. The van der Waals surface area contributed by atoms with E-state index in [2.05, 4.69) is 30.0 Å². The normalized spacial score (nSPS) is 10.1. The van der Waals surface area contributed by atoms with Crippen LogP contribution in [-0.2, 0) is 4.79 Å². The van der Waals surface area contributed by atoms with E-state index in [-0.39, 0.29) is 11.7 Å². The number of thiocarbonyl (C=S) groups is 1. The van der Waals surface area contributed by atoms with Crippen LogP contribution in [0.3, 0.4) is 0 Å². The Morgan fingerprint density at radius 2 is 1.57 bits per heavy atom. The van der Waals surface area contributed by atoms with E-state index in [1.165, 1.54) is 0 Å². The molecule has 8 heteroatoms. The Morgan fingerprint density at radius 1 is 0.929 bits per heavy atom. The van der Waals surface area contributed by atoms with Crippen molar-refractivity contribution in [2.45, 2.75) is 13.8 Å². The second kappa shape index (κ2) is 10.9. The van der Waals surface area contributed by atoms with Crippen LogP contribution in [0.25, 0.3) is 0 Å². The molecular weight excluding hydrogens is 378 g/mol. The zero-order chi connectivity index (χ0) is 20.4. The van der Waals surface area contributed by atoms with Crippen LogP contribution in [0.5, 0.6) is 11.5 Å². The first-order valence-corrected chi connectivity index (χ1v) is 9.15. The van der Waals surface area contributed by atoms with Crippen molar-refractivity contribution in [3.05, 3.63) is 60.2 Å². The summed E-state index contributed by atoms with van der Waals surface area (Å²) in [5, 5.41) is 2.45. The number of rotatable bonds is 7. The fraction of sp³-hybridized carbons (Fsp3) is 0.250. The van der Waals surface area contributed by atoms with Gasteiger partial charge < -0.3 is 9.47 Å². The van der Waals surface area contributed by atoms with Gasteiger partial charge in [0.05, 0.1) is 6.61 Å². The van der Waals surface area contributed by atoms with Gasteiger partial charge in [-0.1, -0.05) is 32.0 Å². The molecule has 0 aliphatic rings. The van der Waals surface area contributed by atoms with Crippen LogP contribution < -0.4 is 25.6 Å². The van der Waals surface area contributed by atoms with Crippen molar-refractivity contribution in [1.82, 2.24) is 16.2 Å². The van der Waals surface area contributed by atoms with Crippen LogP contribution in [0.4, 0.5) is 0 Å². The number of amides is 2. The number of nitrogens with one attached hydrogen (secondary N) is 3. The summed E-state index contributed by atoms with van der Waals surface area (Å²) in [5.41, 5.74) is 5.23. The van der Waals surface area contributed by atoms with Crippen molar-refractivity contribution in [2.75, 3.05) is 13.2 Å². The van der Waals surface area contributed by atoms with E-state index in [0.29, 0.717) is 29.6 Å². The third kappa shape index (κ3) is 7.63. The number of hydrazine groups is 1. The Hall–Kier alpha value is -3.13. The summed E-state index contributed by atoms with van der Waals surface area (Å²) in [7, 11) is 0. The maximum atomic E-state index is 12.2. The number of ether oxygens (including phenoxy) is 2. The SMILES string of the molecule is CC(C)COc1ccc(C(=O)NC(=S)NNC(=O)COc2ccccc2)cc1. The molecule has 0 radical (unpaired) electrons. The highest BCUT2D eigenvalue weighted by molar-refractivity contribution is 7.80. The molecule has 0 bridgehead atoms. The lowest BCUT2D eigenvalue weighted by Crippen LogP contribution is -2.49. The Bertz CT molecular complexity index is 795. The van der Waals surface area contributed by atoms with Crippen LogP contribution in [0.15, 0.2) is 54.6 Å². The Kier molecular flexibility index (Phi) is 8.23. The summed E-state index contributed by atoms with van der Waals surface area (Å²) in [5.74, 6) is 0.848. The third-order valence-electron chi connectivity index (χ3n) is 3.36. The van der Waals surface area contributed by atoms with Gasteiger partial charge in [0.15, 0.2) is 11.7 Å². The van der Waals surface area contributed by atoms with Gasteiger partial charge in [-0.25, -0.2) is 0 Å². The van der Waals surface area contributed by atoms with Gasteiger partial charge >= 0.3 is 0 Å². The van der Waals surface area contributed by atoms with Crippen molar-refractivity contribution in [1.29, 1.82) is 0 Å². The second-order valence-electron chi connectivity index (χ2n) is 6.29. The average Bonchev–Trinajstić information content (AvgIpc) is 2.70. The van der Waals surface area contributed by atoms with E-state index in [1.54, 1.807) is 48.5 Å². The molecule has 3 N–H and O–H groups in total. The molecular formula is C20H23N3O4S. The van der Waals surface area contributed by atoms with Gasteiger partial charge in [0.2, 0.25) is 0 Å². The summed E-state index contributed by atoms with van der Waals surface area (Å²) in [6.07, 6.45) is 0. The van der Waals surface area contributed by atoms with Gasteiger partial charge in [0, 0.05) is 5.56 Å². The number of hydrogen-bond donors (Lipinski definition) is 3. The fourth-order valence-corrected chi connectivity index (χ4v) is 2.14. The van der Waals surface area contributed by atoms with Crippen molar-refractivity contribution >= 4 is 29.1 Å². The smallest absolute Gasteiger partial charge is 0.276 e. The minimum atomic E-state index is -0.438. The number of benzene rings is 2. The molecule has 2 amide bonds. The highest BCUT2D eigenvalue weighted by atomic mass is 32.1. The first-order valence-electron chi connectivity index (χ1n) is 8.75. The van der Waals surface area contributed by atoms with E-state index in [1.807, 2.05) is 6.07 Å². The van der Waals surface area contributed by atoms with Crippen LogP contribution >= 0.6 is 12.2 Å². The van der Waals surface area contributed by atoms with Crippen molar-refractivity contribution in [3.8, 4) is 11.5 Å². The third-order valence-corrected chi connectivity index (χ3v) is 3.56. The van der Waals surface area contributed by atoms with Gasteiger partial charge in [-0.05, 0) is 54.5 Å². The van der Waals surface area contributed by atoms with Gasteiger partial charge in [-0.15, -0.1) is 0 Å². The molecule has 0 atom stereocenters. The van der Waals surface area contributed by atoms with Gasteiger partial charge in [-0.2, -0.15) is 0 Å². The van der Waals surface area contributed by atoms with E-state index < -0.39 is 11.8 Å². The lowest BCUT2D eigenvalue weighted by molar-refractivity contribution is -0.123. The molecule has 2 aromatic rings. The summed E-state index contributed by atoms with van der Waals surface area (Å²) in [6, 6.07) is 15.7. The lowest BCUT2D eigenvalue weighted by Gasteiger charge is -2.12. The molecule has 2 aromatic carbocycles. The van der Waals surface area contributed by atoms with Crippen LogP contribution in [-0.4, -0.2) is 30.1 Å². The molecule has 148 valence electrons. The predicted octanol–water partition coefficient (Wildman–Crippen LogP) is 2.44. The molecule has 7 nitrogen and oxygen atoms in total. The van der Waals surface area contributed by atoms with Gasteiger partial charge in [-0.3, -0.25) is 25.8 Å². The van der Waals surface area contributed by atoms with E-state index >= 15 is 0 Å². The first kappa shape index (κ1) is 21.2. The zero-order valence-electron chi connectivity index (χ0n) is 15.7. The lowest BCUT2D eigenvalue weighted by atomic mass is 10.2. The van der Waals surface area contributed by atoms with E-state index in [9.17, 15) is 9.59 Å². The van der Waals surface area contributed by atoms with Crippen molar-refractivity contribution in [3.63, 3.8) is 0 Å². The Balaban J connectivity index is 1.71. The molecule has 0 fully saturated rings. The predicted molar refractivity (Wildman–Crippen MR) is 110 cm³/mol. The summed E-state index contributed by atoms with van der Waals surface area (Å²) in [4.78, 5) is 23.9. The molecule has 0 aliphatic heterocycles. The van der Waals surface area contributed by atoms with Crippen molar-refractivity contribution in [2.24, 2.45) is 5.92 Å². The molecule has 0 heterocycles. The highest BCUT2D eigenvalue weighted by Gasteiger charge is 2.09. The molecule has 0 saturated carbocycles. The highest BCUT2D eigenvalue weighted by Crippen LogP contribution is 2.13. The van der Waals surface area contributed by atoms with E-state index in [0.717, 1.165) is 0 Å². The second-order valence-corrected chi connectivity index (χ2v) is 6.70. The number of carbonyl (C=O) groups excluding carboxylic acids is 2. The summed E-state index contributed by atoms with van der Waals surface area (Å²) >= 11 is 5.00. The van der Waals surface area contributed by atoms with Gasteiger partial charge in [0.1, 0.15) is 11.5 Å². The number of hydrogen-bond acceptors (Lipinski definition) is 5. The summed E-state index contributed by atoms with van der Waals surface area (Å²) in [6.45, 7) is 4.53. The minimum Gasteiger partial charge on any atom is -0.493 e. The molecule has 2 rings (SSSR count). The molecule has 28 heavy (non-hydrogen) atoms. The zero-order valence-corrected chi connectivity index (χ0v) is 16.5. The molecule has 0 aromatic heterocycles. The molecule has 0 unspecified atom stereocenters. The number of carbonyl (C=O) groups is 2. The standard InChI is InChI=1S/C20H23N3O4S/c1-14(2)12-26-17-10-8-15(9-11-17)19(25)21-20(28)23-22-18(24)13-27-16-6-4-3-5-7-16/h3-11,14H,12-13H2,1-2H3,(H,22,24)(H2,21,23,25,28). The fourth-order valence-electron chi connectivity index (χ4n) is 2.00. The minimum absolute atomic E-state index is 0.0294. The summed E-state index contributed by atoms with van der Waals surface area (Å²) < 4.78 is 10.9. The molecule has 0 saturated heterocycles. The topological polar surface area (TPSA) is 88.7 Å². The molecule has 0 spiro atoms. The number of para-hydroxylation sites is 1. The monoisotopic (exact) mass is 401 g/mol. The van der Waals surface area contributed by atoms with Gasteiger partial charge in [0.25, 0.3) is 11.8 Å². The average molecular weight is 401 g/mol. The Labute approximate surface area is 169 Å². The van der Waals surface area contributed by atoms with Crippen LogP contribution in [0.1, 0.15) is 24.2 Å². The first-order chi connectivity index (χ1) is 13.4. The van der Waals surface area contributed by atoms with Crippen molar-refractivity contribution < 1.29 is 19.1 Å². The van der Waals surface area contributed by atoms with Crippen LogP contribution in [0.2, 0.25) is 0 Å².